The molecule has 1 spiro atoms. The highest BCUT2D eigenvalue weighted by molar-refractivity contribution is 6.32. The summed E-state index contributed by atoms with van der Waals surface area (Å²) in [7, 11) is 0. The summed E-state index contributed by atoms with van der Waals surface area (Å²) >= 11 is 5.93. The molecule has 2 aromatic carbocycles. The molecule has 158 valence electrons. The van der Waals surface area contributed by atoms with E-state index in [-0.39, 0.29) is 28.6 Å². The standard InChI is InChI=1S/C23H19ClFN3O3/c1-11-4-7-16-13(9-11)23(22(31)26-16)19-18(17-3-2-8-27(17)23)20(29)28(21(19)30)12-5-6-15(25)14(24)10-12/h4-7,9-10,17-19H,2-3,8H2,1H3,(H,26,31)/t17-,18-,19+,23+/m1/s1. The van der Waals surface area contributed by atoms with Gasteiger partial charge in [-0.25, -0.2) is 9.29 Å². The van der Waals surface area contributed by atoms with Gasteiger partial charge in [-0.3, -0.25) is 19.3 Å². The lowest BCUT2D eigenvalue weighted by atomic mass is 9.75. The molecule has 31 heavy (non-hydrogen) atoms. The van der Waals surface area contributed by atoms with Crippen LogP contribution in [0.25, 0.3) is 0 Å². The smallest absolute Gasteiger partial charge is 0.250 e. The maximum Gasteiger partial charge on any atom is 0.250 e. The highest BCUT2D eigenvalue weighted by atomic mass is 35.5. The van der Waals surface area contributed by atoms with E-state index in [0.717, 1.165) is 34.9 Å². The first-order valence-electron chi connectivity index (χ1n) is 10.4. The Hall–Kier alpha value is -2.77. The third-order valence-electron chi connectivity index (χ3n) is 7.31. The summed E-state index contributed by atoms with van der Waals surface area (Å²) < 4.78 is 13.7. The van der Waals surface area contributed by atoms with E-state index >= 15 is 0 Å². The fraction of sp³-hybridized carbons (Fsp3) is 0.348. The molecule has 0 bridgehead atoms. The van der Waals surface area contributed by atoms with Crippen molar-refractivity contribution in [3.8, 4) is 0 Å². The van der Waals surface area contributed by atoms with E-state index in [0.29, 0.717) is 12.2 Å². The number of carbonyl (C=O) groups is 3. The predicted molar refractivity (Wildman–Crippen MR) is 112 cm³/mol. The van der Waals surface area contributed by atoms with Crippen molar-refractivity contribution in [3.63, 3.8) is 0 Å². The minimum atomic E-state index is -1.21. The van der Waals surface area contributed by atoms with Crippen LogP contribution in [-0.2, 0) is 19.9 Å². The SMILES string of the molecule is Cc1ccc2c(c1)[C@@]1(C(=O)N2)[C@@H]2C(=O)N(c3ccc(F)c(Cl)c3)C(=O)[C@@H]2[C@H]2CCCN21. The number of rotatable bonds is 1. The first-order valence-corrected chi connectivity index (χ1v) is 10.8. The molecule has 3 fully saturated rings. The van der Waals surface area contributed by atoms with Crippen molar-refractivity contribution < 1.29 is 18.8 Å². The van der Waals surface area contributed by atoms with Gasteiger partial charge in [0.15, 0.2) is 0 Å². The van der Waals surface area contributed by atoms with Crippen LogP contribution < -0.4 is 10.2 Å². The Bertz CT molecular complexity index is 1200. The molecule has 0 aromatic heterocycles. The Kier molecular flexibility index (Phi) is 3.76. The molecular weight excluding hydrogens is 421 g/mol. The van der Waals surface area contributed by atoms with Gasteiger partial charge < -0.3 is 5.32 Å². The summed E-state index contributed by atoms with van der Waals surface area (Å²) in [5.41, 5.74) is 1.45. The number of carbonyl (C=O) groups excluding carboxylic acids is 3. The fourth-order valence-electron chi connectivity index (χ4n) is 6.20. The molecule has 3 saturated heterocycles. The lowest BCUT2D eigenvalue weighted by Crippen LogP contribution is -2.54. The van der Waals surface area contributed by atoms with Crippen LogP contribution in [0.3, 0.4) is 0 Å². The summed E-state index contributed by atoms with van der Waals surface area (Å²) in [5, 5.41) is 2.80. The Balaban J connectivity index is 1.56. The van der Waals surface area contributed by atoms with Crippen LogP contribution in [0.5, 0.6) is 0 Å². The number of benzene rings is 2. The number of aryl methyl sites for hydroxylation is 1. The maximum absolute atomic E-state index is 13.8. The second-order valence-corrected chi connectivity index (χ2v) is 9.19. The molecular formula is C23H19ClFN3O3. The normalized spacial score (nSPS) is 31.4. The van der Waals surface area contributed by atoms with E-state index in [4.69, 9.17) is 11.6 Å². The van der Waals surface area contributed by atoms with E-state index in [1.54, 1.807) is 0 Å². The van der Waals surface area contributed by atoms with Gasteiger partial charge in [-0.05, 0) is 50.6 Å². The number of hydrogen-bond acceptors (Lipinski definition) is 4. The second-order valence-electron chi connectivity index (χ2n) is 8.79. The quantitative estimate of drug-likeness (QED) is 0.693. The molecule has 8 heteroatoms. The molecule has 3 amide bonds. The van der Waals surface area contributed by atoms with Crippen LogP contribution in [0.2, 0.25) is 5.02 Å². The van der Waals surface area contributed by atoms with E-state index in [9.17, 15) is 18.8 Å². The van der Waals surface area contributed by atoms with Gasteiger partial charge >= 0.3 is 0 Å². The zero-order valence-corrected chi connectivity index (χ0v) is 17.4. The lowest BCUT2D eigenvalue weighted by Gasteiger charge is -2.36. The van der Waals surface area contributed by atoms with Crippen LogP contribution >= 0.6 is 11.6 Å². The minimum Gasteiger partial charge on any atom is -0.324 e. The third kappa shape index (κ3) is 2.18. The number of fused-ring (bicyclic) bond motifs is 7. The Labute approximate surface area is 183 Å². The van der Waals surface area contributed by atoms with Gasteiger partial charge in [0.2, 0.25) is 17.7 Å². The molecule has 4 aliphatic heterocycles. The van der Waals surface area contributed by atoms with Crippen molar-refractivity contribution in [2.75, 3.05) is 16.8 Å². The van der Waals surface area contributed by atoms with Gasteiger partial charge in [-0.2, -0.15) is 0 Å². The zero-order chi connectivity index (χ0) is 21.7. The van der Waals surface area contributed by atoms with Crippen molar-refractivity contribution in [1.82, 2.24) is 4.90 Å². The fourth-order valence-corrected chi connectivity index (χ4v) is 6.37. The molecule has 0 radical (unpaired) electrons. The summed E-state index contributed by atoms with van der Waals surface area (Å²) in [5.74, 6) is -3.12. The van der Waals surface area contributed by atoms with E-state index < -0.39 is 29.1 Å². The number of anilines is 2. The van der Waals surface area contributed by atoms with Gasteiger partial charge in [0.05, 0.1) is 22.5 Å². The average Bonchev–Trinajstić information content (AvgIpc) is 3.43. The average molecular weight is 440 g/mol. The predicted octanol–water partition coefficient (Wildman–Crippen LogP) is 3.22. The van der Waals surface area contributed by atoms with Gasteiger partial charge in [0.1, 0.15) is 11.4 Å². The Morgan fingerprint density at radius 3 is 2.71 bits per heavy atom. The number of amides is 3. The van der Waals surface area contributed by atoms with Crippen molar-refractivity contribution in [1.29, 1.82) is 0 Å². The molecule has 0 unspecified atom stereocenters. The van der Waals surface area contributed by atoms with Gasteiger partial charge in [-0.1, -0.05) is 29.3 Å². The van der Waals surface area contributed by atoms with Crippen molar-refractivity contribution >= 4 is 40.7 Å². The summed E-state index contributed by atoms with van der Waals surface area (Å²) in [6, 6.07) is 9.34. The van der Waals surface area contributed by atoms with Gasteiger partial charge in [0, 0.05) is 17.3 Å². The monoisotopic (exact) mass is 439 g/mol. The van der Waals surface area contributed by atoms with Crippen molar-refractivity contribution in [2.24, 2.45) is 11.8 Å². The number of hydrogen-bond donors (Lipinski definition) is 1. The highest BCUT2D eigenvalue weighted by Gasteiger charge is 2.74. The molecule has 4 atom stereocenters. The zero-order valence-electron chi connectivity index (χ0n) is 16.7. The third-order valence-corrected chi connectivity index (χ3v) is 7.60. The molecule has 6 nitrogen and oxygen atoms in total. The van der Waals surface area contributed by atoms with Gasteiger partial charge in [-0.15, -0.1) is 0 Å². The summed E-state index contributed by atoms with van der Waals surface area (Å²) in [4.78, 5) is 44.1. The first-order chi connectivity index (χ1) is 14.9. The van der Waals surface area contributed by atoms with Crippen LogP contribution in [0, 0.1) is 24.6 Å². The van der Waals surface area contributed by atoms with Gasteiger partial charge in [0.25, 0.3) is 0 Å². The van der Waals surface area contributed by atoms with Crippen LogP contribution in [0.15, 0.2) is 36.4 Å². The molecule has 0 aliphatic carbocycles. The van der Waals surface area contributed by atoms with Crippen LogP contribution in [0.4, 0.5) is 15.8 Å². The minimum absolute atomic E-state index is 0.160. The highest BCUT2D eigenvalue weighted by Crippen LogP contribution is 2.60. The second kappa shape index (κ2) is 6.14. The maximum atomic E-state index is 13.8. The Morgan fingerprint density at radius 1 is 1.13 bits per heavy atom. The Morgan fingerprint density at radius 2 is 1.94 bits per heavy atom. The van der Waals surface area contributed by atoms with Crippen molar-refractivity contribution in [3.05, 3.63) is 58.4 Å². The van der Waals surface area contributed by atoms with Crippen LogP contribution in [-0.4, -0.2) is 35.2 Å². The topological polar surface area (TPSA) is 69.7 Å². The van der Waals surface area contributed by atoms with Crippen LogP contribution in [0.1, 0.15) is 24.0 Å². The van der Waals surface area contributed by atoms with E-state index in [1.165, 1.54) is 12.1 Å². The number of nitrogens with zero attached hydrogens (tertiary/aromatic N) is 2. The van der Waals surface area contributed by atoms with E-state index in [2.05, 4.69) is 10.2 Å². The molecule has 0 saturated carbocycles. The number of halogens is 2. The van der Waals surface area contributed by atoms with E-state index in [1.807, 2.05) is 25.1 Å². The first kappa shape index (κ1) is 19.0. The molecule has 4 aliphatic rings. The number of imide groups is 1. The molecule has 2 aromatic rings. The summed E-state index contributed by atoms with van der Waals surface area (Å²) in [6.07, 6.45) is 1.60. The molecule has 6 rings (SSSR count). The summed E-state index contributed by atoms with van der Waals surface area (Å²) in [6.45, 7) is 2.60. The lowest BCUT2D eigenvalue weighted by molar-refractivity contribution is -0.135. The number of nitrogens with one attached hydrogen (secondary N) is 1. The molecule has 1 N–H and O–H groups in total. The largest absolute Gasteiger partial charge is 0.324 e. The molecule has 4 heterocycles. The van der Waals surface area contributed by atoms with Crippen molar-refractivity contribution in [2.45, 2.75) is 31.3 Å².